The van der Waals surface area contributed by atoms with E-state index in [1.807, 2.05) is 29.1 Å². The van der Waals surface area contributed by atoms with Crippen molar-refractivity contribution in [2.45, 2.75) is 13.5 Å². The molecule has 0 aliphatic carbocycles. The number of halogens is 2. The molecule has 1 heterocycles. The molecule has 1 aromatic heterocycles. The minimum atomic E-state index is 0. The van der Waals surface area contributed by atoms with Gasteiger partial charge in [-0.2, -0.15) is 4.57 Å². The molecule has 0 unspecified atom stereocenters. The molecule has 1 nitrogen and oxygen atoms in total. The summed E-state index contributed by atoms with van der Waals surface area (Å²) in [6.45, 7) is 6.36. The van der Waals surface area contributed by atoms with Crippen LogP contribution in [0.1, 0.15) is 5.56 Å². The van der Waals surface area contributed by atoms with Crippen LogP contribution < -0.4 is 17.0 Å². The second-order valence-corrected chi connectivity index (χ2v) is 3.10. The Labute approximate surface area is 84.1 Å². The maximum atomic E-state index is 5.64. The van der Waals surface area contributed by atoms with Crippen LogP contribution in [0.15, 0.2) is 36.1 Å². The van der Waals surface area contributed by atoms with Crippen LogP contribution in [0, 0.1) is 6.92 Å². The fourth-order valence-corrected chi connectivity index (χ4v) is 0.973. The van der Waals surface area contributed by atoms with Crippen molar-refractivity contribution in [1.82, 2.24) is 0 Å². The lowest BCUT2D eigenvalue weighted by Crippen LogP contribution is -3.00. The second kappa shape index (κ2) is 5.18. The van der Waals surface area contributed by atoms with Crippen LogP contribution in [0.2, 0.25) is 0 Å². The first kappa shape index (κ1) is 11.5. The third-order valence-corrected chi connectivity index (χ3v) is 1.53. The number of pyridine rings is 1. The number of nitrogens with zero attached hydrogens (tertiary/aromatic N) is 1. The van der Waals surface area contributed by atoms with Gasteiger partial charge in [-0.3, -0.25) is 0 Å². The Hall–Kier alpha value is -0.530. The van der Waals surface area contributed by atoms with Crippen molar-refractivity contribution < 1.29 is 17.0 Å². The first-order chi connectivity index (χ1) is 5.18. The number of hydrogen-bond acceptors (Lipinski definition) is 0. The fourth-order valence-electron chi connectivity index (χ4n) is 0.835. The quantitative estimate of drug-likeness (QED) is 0.546. The summed E-state index contributed by atoms with van der Waals surface area (Å²) in [5.41, 5.74) is 1.25. The summed E-state index contributed by atoms with van der Waals surface area (Å²) in [5, 5.41) is 0.652. The van der Waals surface area contributed by atoms with Crippen LogP contribution in [-0.4, -0.2) is 0 Å². The van der Waals surface area contributed by atoms with E-state index in [2.05, 4.69) is 13.5 Å². The lowest BCUT2D eigenvalue weighted by Gasteiger charge is -1.93. The van der Waals surface area contributed by atoms with Crippen molar-refractivity contribution in [2.24, 2.45) is 0 Å². The lowest BCUT2D eigenvalue weighted by molar-refractivity contribution is -0.687. The molecule has 0 spiro atoms. The Morgan fingerprint density at radius 2 is 2.00 bits per heavy atom. The zero-order valence-corrected chi connectivity index (χ0v) is 8.44. The molecule has 0 saturated heterocycles. The molecule has 0 aliphatic heterocycles. The predicted molar refractivity (Wildman–Crippen MR) is 46.4 cm³/mol. The minimum Gasteiger partial charge on any atom is -1.00 e. The number of hydrogen-bond donors (Lipinski definition) is 0. The van der Waals surface area contributed by atoms with E-state index >= 15 is 0 Å². The third-order valence-electron chi connectivity index (χ3n) is 1.41. The number of rotatable bonds is 2. The first-order valence-corrected chi connectivity index (χ1v) is 3.85. The van der Waals surface area contributed by atoms with E-state index in [0.29, 0.717) is 11.6 Å². The summed E-state index contributed by atoms with van der Waals surface area (Å²) in [5.74, 6) is 0. The smallest absolute Gasteiger partial charge is 0.183 e. The maximum Gasteiger partial charge on any atom is 0.183 e. The van der Waals surface area contributed by atoms with E-state index in [9.17, 15) is 0 Å². The highest BCUT2D eigenvalue weighted by molar-refractivity contribution is 6.29. The van der Waals surface area contributed by atoms with Gasteiger partial charge in [-0.1, -0.05) is 18.2 Å². The number of aromatic nitrogens is 1. The van der Waals surface area contributed by atoms with Gasteiger partial charge in [0.2, 0.25) is 0 Å². The molecule has 0 aliphatic rings. The van der Waals surface area contributed by atoms with Gasteiger partial charge in [-0.25, -0.2) is 0 Å². The third kappa shape index (κ3) is 3.74. The van der Waals surface area contributed by atoms with Crippen molar-refractivity contribution in [1.29, 1.82) is 0 Å². The SMILES string of the molecule is C=C(Cl)C[n+]1ccc(C)cc1.[Cl-]. The van der Waals surface area contributed by atoms with Crippen LogP contribution in [0.5, 0.6) is 0 Å². The van der Waals surface area contributed by atoms with E-state index in [1.165, 1.54) is 5.56 Å². The average molecular weight is 204 g/mol. The van der Waals surface area contributed by atoms with Crippen molar-refractivity contribution in [2.75, 3.05) is 0 Å². The standard InChI is InChI=1S/C9H11ClN.ClH/c1-8-3-5-11(6-4-8)7-9(2)10;/h3-6H,2,7H2,1H3;1H/q+1;/p-1. The van der Waals surface area contributed by atoms with Gasteiger partial charge in [0.05, 0.1) is 5.03 Å². The molecule has 0 atom stereocenters. The molecule has 0 fully saturated rings. The van der Waals surface area contributed by atoms with Gasteiger partial charge in [0.25, 0.3) is 0 Å². The monoisotopic (exact) mass is 203 g/mol. The minimum absolute atomic E-state index is 0. The van der Waals surface area contributed by atoms with Crippen molar-refractivity contribution in [3.63, 3.8) is 0 Å². The Morgan fingerprint density at radius 3 is 2.42 bits per heavy atom. The van der Waals surface area contributed by atoms with Crippen molar-refractivity contribution in [3.05, 3.63) is 41.7 Å². The zero-order valence-electron chi connectivity index (χ0n) is 6.93. The van der Waals surface area contributed by atoms with E-state index < -0.39 is 0 Å². The summed E-state index contributed by atoms with van der Waals surface area (Å²) in [6, 6.07) is 4.08. The molecule has 3 heteroatoms. The summed E-state index contributed by atoms with van der Waals surface area (Å²) in [7, 11) is 0. The van der Waals surface area contributed by atoms with Gasteiger partial charge < -0.3 is 12.4 Å². The van der Waals surface area contributed by atoms with Gasteiger partial charge >= 0.3 is 0 Å². The van der Waals surface area contributed by atoms with Crippen LogP contribution in [0.25, 0.3) is 0 Å². The summed E-state index contributed by atoms with van der Waals surface area (Å²) in [4.78, 5) is 0. The Bertz CT molecular complexity index is 254. The van der Waals surface area contributed by atoms with E-state index in [1.54, 1.807) is 0 Å². The average Bonchev–Trinajstić information content (AvgIpc) is 1.93. The van der Waals surface area contributed by atoms with Crippen LogP contribution in [0.4, 0.5) is 0 Å². The summed E-state index contributed by atoms with van der Waals surface area (Å²) >= 11 is 5.64. The maximum absolute atomic E-state index is 5.64. The lowest BCUT2D eigenvalue weighted by atomic mass is 10.3. The largest absolute Gasteiger partial charge is 1.00 e. The summed E-state index contributed by atoms with van der Waals surface area (Å²) in [6.07, 6.45) is 3.98. The van der Waals surface area contributed by atoms with Gasteiger partial charge in [0, 0.05) is 12.1 Å². The Balaban J connectivity index is 0.00000121. The fraction of sp³-hybridized carbons (Fsp3) is 0.222. The normalized spacial score (nSPS) is 8.83. The van der Waals surface area contributed by atoms with Gasteiger partial charge in [0.1, 0.15) is 0 Å². The molecule has 0 saturated carbocycles. The van der Waals surface area contributed by atoms with Gasteiger partial charge in [0.15, 0.2) is 18.9 Å². The van der Waals surface area contributed by atoms with E-state index in [4.69, 9.17) is 11.6 Å². The highest BCUT2D eigenvalue weighted by Crippen LogP contribution is 1.96. The van der Waals surface area contributed by atoms with Gasteiger partial charge in [-0.15, -0.1) is 0 Å². The van der Waals surface area contributed by atoms with E-state index in [0.717, 1.165) is 0 Å². The zero-order chi connectivity index (χ0) is 8.27. The molecule has 0 radical (unpaired) electrons. The van der Waals surface area contributed by atoms with Crippen LogP contribution in [-0.2, 0) is 6.54 Å². The molecule has 1 rings (SSSR count). The first-order valence-electron chi connectivity index (χ1n) is 3.47. The molecule has 0 amide bonds. The molecule has 12 heavy (non-hydrogen) atoms. The van der Waals surface area contributed by atoms with Crippen LogP contribution in [0.3, 0.4) is 0 Å². The predicted octanol–water partition coefficient (Wildman–Crippen LogP) is -0.961. The Kier molecular flexibility index (Phi) is 4.95. The van der Waals surface area contributed by atoms with Crippen molar-refractivity contribution >= 4 is 11.6 Å². The molecule has 66 valence electrons. The molecular weight excluding hydrogens is 193 g/mol. The highest BCUT2D eigenvalue weighted by Gasteiger charge is 1.98. The molecule has 0 bridgehead atoms. The molecule has 0 aromatic carbocycles. The highest BCUT2D eigenvalue weighted by atomic mass is 35.5. The second-order valence-electron chi connectivity index (χ2n) is 2.57. The van der Waals surface area contributed by atoms with E-state index in [-0.39, 0.29) is 12.4 Å². The molecule has 0 N–H and O–H groups in total. The Morgan fingerprint density at radius 1 is 1.50 bits per heavy atom. The number of allylic oxidation sites excluding steroid dienone is 1. The van der Waals surface area contributed by atoms with Crippen LogP contribution >= 0.6 is 11.6 Å². The topological polar surface area (TPSA) is 3.88 Å². The summed E-state index contributed by atoms with van der Waals surface area (Å²) < 4.78 is 1.99. The van der Waals surface area contributed by atoms with Gasteiger partial charge in [-0.05, 0) is 12.5 Å². The number of aryl methyl sites for hydroxylation is 1. The van der Waals surface area contributed by atoms with Crippen molar-refractivity contribution in [3.8, 4) is 0 Å². The molecular formula is C9H11Cl2N. The molecule has 1 aromatic rings.